The van der Waals surface area contributed by atoms with E-state index in [9.17, 15) is 9.59 Å². The molecule has 2 rings (SSSR count). The van der Waals surface area contributed by atoms with Gasteiger partial charge >= 0.3 is 0 Å². The number of rotatable bonds is 12. The fourth-order valence-electron chi connectivity index (χ4n) is 2.99. The molecule has 31 heavy (non-hydrogen) atoms. The summed E-state index contributed by atoms with van der Waals surface area (Å²) >= 11 is 7.71. The Morgan fingerprint density at radius 2 is 1.87 bits per heavy atom. The molecule has 2 amide bonds. The number of amides is 2. The first-order chi connectivity index (χ1) is 15.0. The number of nitrogens with zero attached hydrogens (tertiary/aromatic N) is 1. The van der Waals surface area contributed by atoms with Crippen molar-refractivity contribution in [2.75, 3.05) is 19.4 Å². The predicted molar refractivity (Wildman–Crippen MR) is 129 cm³/mol. The zero-order valence-electron chi connectivity index (χ0n) is 18.4. The highest BCUT2D eigenvalue weighted by molar-refractivity contribution is 7.99. The normalized spacial score (nSPS) is 11.6. The van der Waals surface area contributed by atoms with E-state index in [4.69, 9.17) is 16.3 Å². The minimum Gasteiger partial charge on any atom is -0.497 e. The number of unbranched alkanes of at least 4 members (excludes halogenated alkanes) is 1. The molecule has 0 unspecified atom stereocenters. The smallest absolute Gasteiger partial charge is 0.242 e. The SMILES string of the molecule is CCCCNC(=O)[C@@H](C)N(Cc1ccc(OC)cc1)C(=O)CSCc1ccccc1Cl. The highest BCUT2D eigenvalue weighted by Crippen LogP contribution is 2.22. The van der Waals surface area contributed by atoms with Crippen LogP contribution in [-0.4, -0.2) is 42.2 Å². The summed E-state index contributed by atoms with van der Waals surface area (Å²) in [5, 5.41) is 3.63. The third-order valence-corrected chi connectivity index (χ3v) is 6.28. The van der Waals surface area contributed by atoms with E-state index in [1.165, 1.54) is 11.8 Å². The number of ether oxygens (including phenoxy) is 1. The summed E-state index contributed by atoms with van der Waals surface area (Å²) in [5.74, 6) is 1.45. The van der Waals surface area contributed by atoms with Crippen molar-refractivity contribution in [2.45, 2.75) is 45.0 Å². The molecule has 5 nitrogen and oxygen atoms in total. The molecule has 0 aliphatic heterocycles. The molecule has 0 fully saturated rings. The highest BCUT2D eigenvalue weighted by atomic mass is 35.5. The van der Waals surface area contributed by atoms with Crippen LogP contribution >= 0.6 is 23.4 Å². The zero-order valence-corrected chi connectivity index (χ0v) is 20.0. The number of hydrogen-bond donors (Lipinski definition) is 1. The quantitative estimate of drug-likeness (QED) is 0.455. The van der Waals surface area contributed by atoms with Crippen molar-refractivity contribution in [2.24, 2.45) is 0 Å². The average molecular weight is 463 g/mol. The Morgan fingerprint density at radius 3 is 2.52 bits per heavy atom. The van der Waals surface area contributed by atoms with E-state index in [0.717, 1.165) is 29.7 Å². The van der Waals surface area contributed by atoms with Crippen molar-refractivity contribution < 1.29 is 14.3 Å². The number of benzene rings is 2. The van der Waals surface area contributed by atoms with Crippen LogP contribution in [0.2, 0.25) is 5.02 Å². The Morgan fingerprint density at radius 1 is 1.16 bits per heavy atom. The van der Waals surface area contributed by atoms with Gasteiger partial charge in [0.1, 0.15) is 11.8 Å². The van der Waals surface area contributed by atoms with Gasteiger partial charge in [-0.1, -0.05) is 55.3 Å². The molecule has 168 valence electrons. The van der Waals surface area contributed by atoms with Gasteiger partial charge in [0.25, 0.3) is 0 Å². The fourth-order valence-corrected chi connectivity index (χ4v) is 4.19. The third-order valence-electron chi connectivity index (χ3n) is 4.95. The van der Waals surface area contributed by atoms with Crippen molar-refractivity contribution in [3.63, 3.8) is 0 Å². The Balaban J connectivity index is 2.06. The van der Waals surface area contributed by atoms with E-state index in [1.54, 1.807) is 18.9 Å². The van der Waals surface area contributed by atoms with Gasteiger partial charge in [-0.15, -0.1) is 11.8 Å². The molecule has 2 aromatic carbocycles. The van der Waals surface area contributed by atoms with Crippen LogP contribution in [0.5, 0.6) is 5.75 Å². The number of hydrogen-bond acceptors (Lipinski definition) is 4. The monoisotopic (exact) mass is 462 g/mol. The van der Waals surface area contributed by atoms with Crippen LogP contribution in [0.1, 0.15) is 37.8 Å². The standard InChI is InChI=1S/C24H31ClN2O3S/c1-4-5-14-26-24(29)18(2)27(15-19-10-12-21(30-3)13-11-19)23(28)17-31-16-20-8-6-7-9-22(20)25/h6-13,18H,4-5,14-17H2,1-3H3,(H,26,29)/t18-/m1/s1. The van der Waals surface area contributed by atoms with Crippen molar-refractivity contribution in [3.05, 3.63) is 64.7 Å². The molecular weight excluding hydrogens is 432 g/mol. The largest absolute Gasteiger partial charge is 0.497 e. The molecule has 0 heterocycles. The zero-order chi connectivity index (χ0) is 22.6. The lowest BCUT2D eigenvalue weighted by Crippen LogP contribution is -2.48. The summed E-state index contributed by atoms with van der Waals surface area (Å²) in [7, 11) is 1.61. The number of halogens is 1. The Labute approximate surface area is 194 Å². The maximum atomic E-state index is 13.1. The lowest BCUT2D eigenvalue weighted by atomic mass is 10.1. The summed E-state index contributed by atoms with van der Waals surface area (Å²) in [4.78, 5) is 27.4. The first kappa shape index (κ1) is 25.1. The molecule has 1 atom stereocenters. The molecule has 0 saturated carbocycles. The topological polar surface area (TPSA) is 58.6 Å². The van der Waals surface area contributed by atoms with Crippen LogP contribution in [0.3, 0.4) is 0 Å². The third kappa shape index (κ3) is 8.11. The molecule has 0 spiro atoms. The van der Waals surface area contributed by atoms with Crippen LogP contribution < -0.4 is 10.1 Å². The Kier molecular flexibility index (Phi) is 10.7. The summed E-state index contributed by atoms with van der Waals surface area (Å²) < 4.78 is 5.21. The van der Waals surface area contributed by atoms with E-state index in [1.807, 2.05) is 48.5 Å². The number of carbonyl (C=O) groups excluding carboxylic acids is 2. The maximum absolute atomic E-state index is 13.1. The minimum atomic E-state index is -0.563. The second-order valence-electron chi connectivity index (χ2n) is 7.27. The molecule has 0 aliphatic carbocycles. The van der Waals surface area contributed by atoms with Crippen molar-refractivity contribution in [3.8, 4) is 5.75 Å². The molecule has 2 aromatic rings. The van der Waals surface area contributed by atoms with Gasteiger partial charge in [-0.25, -0.2) is 0 Å². The molecule has 7 heteroatoms. The molecule has 0 aliphatic rings. The van der Waals surface area contributed by atoms with Gasteiger partial charge in [-0.05, 0) is 42.7 Å². The van der Waals surface area contributed by atoms with E-state index >= 15 is 0 Å². The van der Waals surface area contributed by atoms with Gasteiger partial charge in [0, 0.05) is 23.9 Å². The lowest BCUT2D eigenvalue weighted by molar-refractivity contribution is -0.138. The average Bonchev–Trinajstić information content (AvgIpc) is 2.78. The lowest BCUT2D eigenvalue weighted by Gasteiger charge is -2.29. The van der Waals surface area contributed by atoms with Gasteiger partial charge in [0.05, 0.1) is 12.9 Å². The van der Waals surface area contributed by atoms with E-state index < -0.39 is 6.04 Å². The summed E-state index contributed by atoms with van der Waals surface area (Å²) in [6.07, 6.45) is 1.92. The maximum Gasteiger partial charge on any atom is 0.242 e. The number of carbonyl (C=O) groups is 2. The number of methoxy groups -OCH3 is 1. The molecule has 1 N–H and O–H groups in total. The molecule has 0 radical (unpaired) electrons. The highest BCUT2D eigenvalue weighted by Gasteiger charge is 2.25. The number of thioether (sulfide) groups is 1. The second-order valence-corrected chi connectivity index (χ2v) is 8.67. The summed E-state index contributed by atoms with van der Waals surface area (Å²) in [6.45, 7) is 4.83. The van der Waals surface area contributed by atoms with Gasteiger partial charge in [-0.3, -0.25) is 9.59 Å². The molecule has 0 aromatic heterocycles. The van der Waals surface area contributed by atoms with Gasteiger partial charge in [0.15, 0.2) is 0 Å². The minimum absolute atomic E-state index is 0.0778. The molecule has 0 saturated heterocycles. The van der Waals surface area contributed by atoms with Crippen LogP contribution in [0.15, 0.2) is 48.5 Å². The van der Waals surface area contributed by atoms with Gasteiger partial charge in [0.2, 0.25) is 11.8 Å². The fraction of sp³-hybridized carbons (Fsp3) is 0.417. The molecular formula is C24H31ClN2O3S. The predicted octanol–water partition coefficient (Wildman–Crippen LogP) is 4.92. The van der Waals surface area contributed by atoms with E-state index in [2.05, 4.69) is 12.2 Å². The van der Waals surface area contributed by atoms with Crippen LogP contribution in [0.4, 0.5) is 0 Å². The van der Waals surface area contributed by atoms with E-state index in [-0.39, 0.29) is 17.6 Å². The molecule has 0 bridgehead atoms. The summed E-state index contributed by atoms with van der Waals surface area (Å²) in [6, 6.07) is 14.6. The van der Waals surface area contributed by atoms with Crippen LogP contribution in [0, 0.1) is 0 Å². The van der Waals surface area contributed by atoms with Gasteiger partial charge < -0.3 is 15.0 Å². The second kappa shape index (κ2) is 13.3. The van der Waals surface area contributed by atoms with Crippen molar-refractivity contribution in [1.82, 2.24) is 10.2 Å². The van der Waals surface area contributed by atoms with Crippen molar-refractivity contribution in [1.29, 1.82) is 0 Å². The van der Waals surface area contributed by atoms with Gasteiger partial charge in [-0.2, -0.15) is 0 Å². The Bertz CT molecular complexity index is 845. The Hall–Kier alpha value is -2.18. The van der Waals surface area contributed by atoms with Crippen LogP contribution in [0.25, 0.3) is 0 Å². The van der Waals surface area contributed by atoms with Crippen molar-refractivity contribution >= 4 is 35.2 Å². The summed E-state index contributed by atoms with van der Waals surface area (Å²) in [5.41, 5.74) is 1.94. The van der Waals surface area contributed by atoms with E-state index in [0.29, 0.717) is 23.9 Å². The first-order valence-electron chi connectivity index (χ1n) is 10.5. The first-order valence-corrected chi connectivity index (χ1v) is 12.0. The number of nitrogens with one attached hydrogen (secondary N) is 1. The van der Waals surface area contributed by atoms with Crippen LogP contribution in [-0.2, 0) is 21.9 Å².